The van der Waals surface area contributed by atoms with Gasteiger partial charge in [-0.3, -0.25) is 0 Å². The molecule has 0 unspecified atom stereocenters. The van der Waals surface area contributed by atoms with Crippen molar-refractivity contribution in [3.05, 3.63) is 16.8 Å². The molecule has 5 heteroatoms. The number of nitrogens with two attached hydrogens (primary N) is 1. The average Bonchev–Trinajstić information content (AvgIpc) is 2.40. The number of aromatic nitrogens is 2. The van der Waals surface area contributed by atoms with Crippen LogP contribution in [0.5, 0.6) is 5.88 Å². The second kappa shape index (κ2) is 5.98. The van der Waals surface area contributed by atoms with Crippen LogP contribution in [0.25, 0.3) is 0 Å². The van der Waals surface area contributed by atoms with Gasteiger partial charge in [-0.1, -0.05) is 13.8 Å². The van der Waals surface area contributed by atoms with Crippen LogP contribution in [0.1, 0.15) is 43.5 Å². The molecule has 1 aliphatic rings. The van der Waals surface area contributed by atoms with E-state index in [1.165, 1.54) is 0 Å². The fourth-order valence-corrected chi connectivity index (χ4v) is 2.47. The maximum absolute atomic E-state index is 9.33. The molecule has 0 radical (unpaired) electrons. The van der Waals surface area contributed by atoms with E-state index in [1.54, 1.807) is 0 Å². The molecule has 5 nitrogen and oxygen atoms in total. The Morgan fingerprint density at radius 2 is 2.05 bits per heavy atom. The summed E-state index contributed by atoms with van der Waals surface area (Å²) < 4.78 is 5.79. The van der Waals surface area contributed by atoms with Crippen molar-refractivity contribution in [3.8, 4) is 11.9 Å². The number of rotatable bonds is 5. The number of hydrogen-bond acceptors (Lipinski definition) is 5. The molecule has 1 fully saturated rings. The lowest BCUT2D eigenvalue weighted by Crippen LogP contribution is -2.38. The Morgan fingerprint density at radius 3 is 2.58 bits per heavy atom. The summed E-state index contributed by atoms with van der Waals surface area (Å²) in [4.78, 5) is 0. The standard InChI is InChI=1S/C14H20N4O/c1-3-11-12(8-16)14(18-17-13(11)4-2)19-10-5-9(6-10)7-15/h9-10H,3-7,15H2,1-2H3. The predicted molar refractivity (Wildman–Crippen MR) is 71.7 cm³/mol. The Kier molecular flexibility index (Phi) is 4.33. The Bertz CT molecular complexity index is 489. The summed E-state index contributed by atoms with van der Waals surface area (Å²) in [5.41, 5.74) is 7.99. The summed E-state index contributed by atoms with van der Waals surface area (Å²) in [7, 11) is 0. The average molecular weight is 260 g/mol. The minimum Gasteiger partial charge on any atom is -0.472 e. The first-order chi connectivity index (χ1) is 9.23. The topological polar surface area (TPSA) is 84.8 Å². The zero-order valence-corrected chi connectivity index (χ0v) is 11.5. The van der Waals surface area contributed by atoms with E-state index in [2.05, 4.69) is 16.3 Å². The summed E-state index contributed by atoms with van der Waals surface area (Å²) in [6.45, 7) is 4.74. The van der Waals surface area contributed by atoms with Crippen LogP contribution in [-0.4, -0.2) is 22.8 Å². The Balaban J connectivity index is 2.19. The summed E-state index contributed by atoms with van der Waals surface area (Å²) in [6.07, 6.45) is 3.57. The predicted octanol–water partition coefficient (Wildman–Crippen LogP) is 1.59. The van der Waals surface area contributed by atoms with Gasteiger partial charge in [0.15, 0.2) is 0 Å². The maximum atomic E-state index is 9.33. The van der Waals surface area contributed by atoms with Gasteiger partial charge in [-0.05, 0) is 43.7 Å². The number of aryl methyl sites for hydroxylation is 1. The molecule has 0 amide bonds. The first-order valence-corrected chi connectivity index (χ1v) is 6.88. The van der Waals surface area contributed by atoms with Crippen LogP contribution in [0.2, 0.25) is 0 Å². The number of nitrogens with zero attached hydrogens (tertiary/aromatic N) is 3. The molecule has 1 aromatic heterocycles. The van der Waals surface area contributed by atoms with E-state index in [0.717, 1.165) is 36.9 Å². The third-order valence-electron chi connectivity index (χ3n) is 3.73. The highest BCUT2D eigenvalue weighted by Crippen LogP contribution is 2.31. The van der Waals surface area contributed by atoms with Crippen LogP contribution in [0.3, 0.4) is 0 Å². The first kappa shape index (κ1) is 13.8. The van der Waals surface area contributed by atoms with Crippen LogP contribution in [0, 0.1) is 17.2 Å². The summed E-state index contributed by atoms with van der Waals surface area (Å²) in [5.74, 6) is 0.932. The SMILES string of the molecule is CCc1nnc(OC2CC(CN)C2)c(C#N)c1CC. The highest BCUT2D eigenvalue weighted by Gasteiger charge is 2.31. The molecule has 2 rings (SSSR count). The molecule has 0 atom stereocenters. The molecular weight excluding hydrogens is 240 g/mol. The van der Waals surface area contributed by atoms with E-state index in [-0.39, 0.29) is 6.10 Å². The van der Waals surface area contributed by atoms with Gasteiger partial charge in [-0.15, -0.1) is 5.10 Å². The summed E-state index contributed by atoms with van der Waals surface area (Å²) in [6, 6.07) is 2.22. The minimum absolute atomic E-state index is 0.132. The van der Waals surface area contributed by atoms with Gasteiger partial charge in [-0.2, -0.15) is 10.4 Å². The van der Waals surface area contributed by atoms with Gasteiger partial charge in [0, 0.05) is 0 Å². The normalized spacial score (nSPS) is 21.6. The van der Waals surface area contributed by atoms with Crippen LogP contribution < -0.4 is 10.5 Å². The summed E-state index contributed by atoms with van der Waals surface area (Å²) >= 11 is 0. The van der Waals surface area contributed by atoms with Gasteiger partial charge in [0.05, 0.1) is 5.69 Å². The zero-order chi connectivity index (χ0) is 13.8. The van der Waals surface area contributed by atoms with Crippen molar-refractivity contribution in [1.82, 2.24) is 10.2 Å². The second-order valence-corrected chi connectivity index (χ2v) is 4.94. The van der Waals surface area contributed by atoms with Crippen LogP contribution in [-0.2, 0) is 12.8 Å². The van der Waals surface area contributed by atoms with Crippen LogP contribution >= 0.6 is 0 Å². The molecule has 0 spiro atoms. The van der Waals surface area contributed by atoms with Crippen molar-refractivity contribution in [1.29, 1.82) is 5.26 Å². The van der Waals surface area contributed by atoms with E-state index < -0.39 is 0 Å². The van der Waals surface area contributed by atoms with E-state index in [1.807, 2.05) is 13.8 Å². The van der Waals surface area contributed by atoms with Gasteiger partial charge in [0.25, 0.3) is 5.88 Å². The zero-order valence-electron chi connectivity index (χ0n) is 11.5. The maximum Gasteiger partial charge on any atom is 0.252 e. The van der Waals surface area contributed by atoms with Gasteiger partial charge in [0.2, 0.25) is 0 Å². The van der Waals surface area contributed by atoms with Gasteiger partial charge < -0.3 is 10.5 Å². The molecule has 0 aromatic carbocycles. The Labute approximate surface area is 113 Å². The third kappa shape index (κ3) is 2.69. The lowest BCUT2D eigenvalue weighted by atomic mass is 9.82. The van der Waals surface area contributed by atoms with E-state index in [4.69, 9.17) is 10.5 Å². The van der Waals surface area contributed by atoms with Crippen molar-refractivity contribution in [2.45, 2.75) is 45.6 Å². The molecule has 102 valence electrons. The Hall–Kier alpha value is -1.67. The van der Waals surface area contributed by atoms with Gasteiger partial charge >= 0.3 is 0 Å². The fraction of sp³-hybridized carbons (Fsp3) is 0.643. The molecule has 1 heterocycles. The molecule has 1 aromatic rings. The third-order valence-corrected chi connectivity index (χ3v) is 3.73. The van der Waals surface area contributed by atoms with E-state index >= 15 is 0 Å². The number of nitriles is 1. The molecule has 19 heavy (non-hydrogen) atoms. The lowest BCUT2D eigenvalue weighted by molar-refractivity contribution is 0.0635. The van der Waals surface area contributed by atoms with E-state index in [0.29, 0.717) is 23.9 Å². The van der Waals surface area contributed by atoms with Crippen molar-refractivity contribution < 1.29 is 4.74 Å². The highest BCUT2D eigenvalue weighted by molar-refractivity contribution is 5.46. The molecule has 0 saturated heterocycles. The molecule has 1 saturated carbocycles. The van der Waals surface area contributed by atoms with Crippen molar-refractivity contribution in [2.24, 2.45) is 11.7 Å². The first-order valence-electron chi connectivity index (χ1n) is 6.88. The molecule has 0 bridgehead atoms. The van der Waals surface area contributed by atoms with Gasteiger partial charge in [0.1, 0.15) is 17.7 Å². The number of hydrogen-bond donors (Lipinski definition) is 1. The highest BCUT2D eigenvalue weighted by atomic mass is 16.5. The largest absolute Gasteiger partial charge is 0.472 e. The van der Waals surface area contributed by atoms with Crippen molar-refractivity contribution in [2.75, 3.05) is 6.54 Å². The fourth-order valence-electron chi connectivity index (χ4n) is 2.47. The molecular formula is C14H20N4O. The van der Waals surface area contributed by atoms with Gasteiger partial charge in [-0.25, -0.2) is 0 Å². The van der Waals surface area contributed by atoms with Crippen molar-refractivity contribution in [3.63, 3.8) is 0 Å². The lowest BCUT2D eigenvalue weighted by Gasteiger charge is -2.34. The van der Waals surface area contributed by atoms with E-state index in [9.17, 15) is 5.26 Å². The molecule has 1 aliphatic carbocycles. The minimum atomic E-state index is 0.132. The van der Waals surface area contributed by atoms with Crippen LogP contribution in [0.15, 0.2) is 0 Å². The number of ether oxygens (including phenoxy) is 1. The molecule has 2 N–H and O–H groups in total. The molecule has 0 aliphatic heterocycles. The quantitative estimate of drug-likeness (QED) is 0.869. The smallest absolute Gasteiger partial charge is 0.252 e. The Morgan fingerprint density at radius 1 is 1.32 bits per heavy atom. The summed E-state index contributed by atoms with van der Waals surface area (Å²) in [5, 5.41) is 17.6. The van der Waals surface area contributed by atoms with Crippen LogP contribution in [0.4, 0.5) is 0 Å². The second-order valence-electron chi connectivity index (χ2n) is 4.94. The van der Waals surface area contributed by atoms with Crippen molar-refractivity contribution >= 4 is 0 Å². The monoisotopic (exact) mass is 260 g/mol.